The Balaban J connectivity index is 1.88. The minimum Gasteiger partial charge on any atom is -0.398 e. The third-order valence-electron chi connectivity index (χ3n) is 3.50. The molecule has 0 amide bonds. The zero-order valence-electron chi connectivity index (χ0n) is 12.9. The van der Waals surface area contributed by atoms with Crippen LogP contribution in [0, 0.1) is 0 Å². The summed E-state index contributed by atoms with van der Waals surface area (Å²) >= 11 is 10.5. The van der Waals surface area contributed by atoms with Crippen LogP contribution in [0.2, 0.25) is 0 Å². The molecule has 0 spiro atoms. The second kappa shape index (κ2) is 7.96. The molecule has 0 bridgehead atoms. The Bertz CT molecular complexity index is 868. The molecule has 3 nitrogen and oxygen atoms in total. The number of hydrogen-bond acceptors (Lipinski definition) is 6. The number of anilines is 1. The minimum atomic E-state index is 0.695. The van der Waals surface area contributed by atoms with E-state index in [1.54, 1.807) is 11.8 Å². The molecule has 24 heavy (non-hydrogen) atoms. The molecule has 0 fully saturated rings. The molecular weight excluding hydrogens is 354 g/mol. The summed E-state index contributed by atoms with van der Waals surface area (Å²) in [6.45, 7) is 0. The molecule has 0 aromatic heterocycles. The van der Waals surface area contributed by atoms with Crippen molar-refractivity contribution in [1.29, 1.82) is 0 Å². The Morgan fingerprint density at radius 1 is 0.958 bits per heavy atom. The molecule has 3 aromatic rings. The first-order chi connectivity index (χ1) is 11.7. The molecule has 0 aliphatic heterocycles. The summed E-state index contributed by atoms with van der Waals surface area (Å²) in [5.74, 6) is 1.86. The van der Waals surface area contributed by atoms with Crippen LogP contribution in [0.5, 0.6) is 0 Å². The lowest BCUT2D eigenvalue weighted by molar-refractivity contribution is 1.23. The van der Waals surface area contributed by atoms with E-state index < -0.39 is 0 Å². The lowest BCUT2D eigenvalue weighted by Gasteiger charge is -2.07. The van der Waals surface area contributed by atoms with E-state index in [-0.39, 0.29) is 0 Å². The van der Waals surface area contributed by atoms with Crippen molar-refractivity contribution in [2.75, 3.05) is 17.2 Å². The normalized spacial score (nSPS) is 11.4. The van der Waals surface area contributed by atoms with Crippen LogP contribution in [0.4, 0.5) is 17.1 Å². The molecule has 3 rings (SSSR count). The van der Waals surface area contributed by atoms with E-state index >= 15 is 0 Å². The second-order valence-corrected chi connectivity index (χ2v) is 7.24. The van der Waals surface area contributed by atoms with E-state index in [1.165, 1.54) is 4.90 Å². The first-order valence-electron chi connectivity index (χ1n) is 7.44. The zero-order chi connectivity index (χ0) is 16.9. The van der Waals surface area contributed by atoms with Gasteiger partial charge in [0.1, 0.15) is 0 Å². The van der Waals surface area contributed by atoms with Gasteiger partial charge in [-0.15, -0.1) is 29.5 Å². The van der Waals surface area contributed by atoms with Gasteiger partial charge in [0.05, 0.1) is 11.4 Å². The largest absolute Gasteiger partial charge is 0.398 e. The second-order valence-electron chi connectivity index (χ2n) is 5.14. The summed E-state index contributed by atoms with van der Waals surface area (Å²) in [6.07, 6.45) is 0. The van der Waals surface area contributed by atoms with E-state index in [9.17, 15) is 0 Å². The number of fused-ring (bicyclic) bond motifs is 1. The number of hydrogen-bond donors (Lipinski definition) is 3. The number of nitrogens with two attached hydrogens (primary N) is 1. The first-order valence-corrected chi connectivity index (χ1v) is 9.51. The van der Waals surface area contributed by atoms with Crippen molar-refractivity contribution in [2.45, 2.75) is 9.79 Å². The van der Waals surface area contributed by atoms with Crippen LogP contribution in [0.15, 0.2) is 74.6 Å². The Hall–Kier alpha value is -1.63. The minimum absolute atomic E-state index is 0.695. The van der Waals surface area contributed by atoms with Crippen LogP contribution in [0.1, 0.15) is 0 Å². The number of nitrogens with zero attached hydrogens (tertiary/aromatic N) is 2. The van der Waals surface area contributed by atoms with Gasteiger partial charge in [0.15, 0.2) is 0 Å². The quantitative estimate of drug-likeness (QED) is 0.218. The average molecular weight is 372 g/mol. The predicted molar refractivity (Wildman–Crippen MR) is 111 cm³/mol. The van der Waals surface area contributed by atoms with Gasteiger partial charge < -0.3 is 5.73 Å². The molecule has 0 aliphatic carbocycles. The van der Waals surface area contributed by atoms with Crippen molar-refractivity contribution in [2.24, 2.45) is 10.2 Å². The molecule has 0 saturated carbocycles. The summed E-state index contributed by atoms with van der Waals surface area (Å²) in [7, 11) is 0. The van der Waals surface area contributed by atoms with Gasteiger partial charge in [-0.1, -0.05) is 12.1 Å². The van der Waals surface area contributed by atoms with Gasteiger partial charge in [0.25, 0.3) is 0 Å². The topological polar surface area (TPSA) is 50.7 Å². The molecule has 3 aromatic carbocycles. The highest BCUT2D eigenvalue weighted by Crippen LogP contribution is 2.35. The van der Waals surface area contributed by atoms with Crippen LogP contribution in [0.3, 0.4) is 0 Å². The number of nitrogen functional groups attached to an aromatic ring is 1. The first kappa shape index (κ1) is 17.2. The van der Waals surface area contributed by atoms with Gasteiger partial charge in [-0.3, -0.25) is 0 Å². The number of azo groups is 1. The predicted octanol–water partition coefficient (Wildman–Crippen LogP) is 6.15. The molecule has 0 saturated heterocycles. The summed E-state index contributed by atoms with van der Waals surface area (Å²) in [5.41, 5.74) is 8.35. The van der Waals surface area contributed by atoms with Crippen LogP contribution < -0.4 is 5.73 Å². The van der Waals surface area contributed by atoms with Gasteiger partial charge in [0, 0.05) is 32.0 Å². The molecule has 0 aliphatic rings. The maximum absolute atomic E-state index is 6.06. The molecule has 0 heterocycles. The Morgan fingerprint density at radius 3 is 2.50 bits per heavy atom. The Kier molecular flexibility index (Phi) is 5.71. The maximum atomic E-state index is 6.06. The Morgan fingerprint density at radius 2 is 1.75 bits per heavy atom. The summed E-state index contributed by atoms with van der Waals surface area (Å²) in [5, 5.41) is 10.6. The number of thiol groups is 2. The summed E-state index contributed by atoms with van der Waals surface area (Å²) in [6, 6.07) is 17.6. The third-order valence-corrected chi connectivity index (χ3v) is 5.41. The van der Waals surface area contributed by atoms with Crippen molar-refractivity contribution < 1.29 is 0 Å². The van der Waals surface area contributed by atoms with Crippen molar-refractivity contribution >= 4 is 64.9 Å². The molecule has 6 heteroatoms. The lowest BCUT2D eigenvalue weighted by Crippen LogP contribution is -1.87. The number of benzene rings is 3. The SMILES string of the molecule is Nc1ccc(N=Nc2ccc(SCCS)cc2)c2cccc(S)c12. The van der Waals surface area contributed by atoms with Crippen molar-refractivity contribution in [1.82, 2.24) is 0 Å². The van der Waals surface area contributed by atoms with Gasteiger partial charge >= 0.3 is 0 Å². The number of thioether (sulfide) groups is 1. The fraction of sp³-hybridized carbons (Fsp3) is 0.111. The monoisotopic (exact) mass is 371 g/mol. The summed E-state index contributed by atoms with van der Waals surface area (Å²) < 4.78 is 0. The van der Waals surface area contributed by atoms with Crippen LogP contribution in [-0.2, 0) is 0 Å². The highest BCUT2D eigenvalue weighted by atomic mass is 32.2. The van der Waals surface area contributed by atoms with Crippen molar-refractivity contribution in [3.8, 4) is 0 Å². The molecule has 0 atom stereocenters. The molecular formula is C18H17N3S3. The van der Waals surface area contributed by atoms with Crippen molar-refractivity contribution in [3.05, 3.63) is 54.6 Å². The zero-order valence-corrected chi connectivity index (χ0v) is 15.5. The van der Waals surface area contributed by atoms with Gasteiger partial charge in [0.2, 0.25) is 0 Å². The fourth-order valence-electron chi connectivity index (χ4n) is 2.37. The molecule has 0 radical (unpaired) electrons. The number of rotatable bonds is 5. The standard InChI is InChI=1S/C18H17N3S3/c19-15-8-9-16(14-2-1-3-17(23)18(14)15)21-20-12-4-6-13(7-5-12)24-11-10-22/h1-9,22-23H,10-11,19H2. The van der Waals surface area contributed by atoms with Crippen molar-refractivity contribution in [3.63, 3.8) is 0 Å². The van der Waals surface area contributed by atoms with E-state index in [4.69, 9.17) is 5.73 Å². The lowest BCUT2D eigenvalue weighted by atomic mass is 10.1. The molecule has 0 unspecified atom stereocenters. The highest BCUT2D eigenvalue weighted by Gasteiger charge is 2.06. The van der Waals surface area contributed by atoms with Gasteiger partial charge in [-0.2, -0.15) is 17.7 Å². The maximum Gasteiger partial charge on any atom is 0.0937 e. The van der Waals surface area contributed by atoms with Crippen LogP contribution in [-0.4, -0.2) is 11.5 Å². The summed E-state index contributed by atoms with van der Waals surface area (Å²) in [4.78, 5) is 2.05. The fourth-order valence-corrected chi connectivity index (χ4v) is 3.64. The smallest absolute Gasteiger partial charge is 0.0937 e. The molecule has 122 valence electrons. The Labute approximate surface area is 156 Å². The van der Waals surface area contributed by atoms with E-state index in [0.29, 0.717) is 5.69 Å². The van der Waals surface area contributed by atoms with Crippen LogP contribution in [0.25, 0.3) is 10.8 Å². The molecule has 2 N–H and O–H groups in total. The van der Waals surface area contributed by atoms with Crippen LogP contribution >= 0.6 is 37.0 Å². The van der Waals surface area contributed by atoms with Gasteiger partial charge in [-0.25, -0.2) is 0 Å². The van der Waals surface area contributed by atoms with E-state index in [0.717, 1.165) is 38.5 Å². The van der Waals surface area contributed by atoms with E-state index in [1.807, 2.05) is 42.5 Å². The average Bonchev–Trinajstić information content (AvgIpc) is 2.60. The van der Waals surface area contributed by atoms with E-state index in [2.05, 4.69) is 47.6 Å². The third kappa shape index (κ3) is 3.88. The highest BCUT2D eigenvalue weighted by molar-refractivity contribution is 8.00. The van der Waals surface area contributed by atoms with Gasteiger partial charge in [-0.05, 0) is 48.2 Å².